The standard InChI is InChI=1S/C22H28N2O6/c25-19(23-17-5-1-2-6-17)13-29-21(27)15-9-11-16(12-10-15)22(28)30-14-20(26)24-18-7-3-4-8-18/h9-12,17-18H,1-8,13-14H2,(H,23,25)(H,24,26). The summed E-state index contributed by atoms with van der Waals surface area (Å²) < 4.78 is 10.0. The van der Waals surface area contributed by atoms with Gasteiger partial charge in [-0.15, -0.1) is 0 Å². The van der Waals surface area contributed by atoms with Crippen LogP contribution in [-0.4, -0.2) is 49.1 Å². The van der Waals surface area contributed by atoms with Crippen LogP contribution in [0, 0.1) is 0 Å². The lowest BCUT2D eigenvalue weighted by Gasteiger charge is -2.12. The van der Waals surface area contributed by atoms with Crippen LogP contribution in [0.1, 0.15) is 72.1 Å². The van der Waals surface area contributed by atoms with Gasteiger partial charge in [-0.1, -0.05) is 25.7 Å². The molecular weight excluding hydrogens is 388 g/mol. The molecule has 0 spiro atoms. The number of hydrogen-bond acceptors (Lipinski definition) is 6. The zero-order valence-electron chi connectivity index (χ0n) is 17.0. The van der Waals surface area contributed by atoms with Crippen LogP contribution in [-0.2, 0) is 19.1 Å². The van der Waals surface area contributed by atoms with Gasteiger partial charge in [0.1, 0.15) is 0 Å². The Morgan fingerprint density at radius 1 is 0.667 bits per heavy atom. The van der Waals surface area contributed by atoms with Gasteiger partial charge in [-0.05, 0) is 49.9 Å². The summed E-state index contributed by atoms with van der Waals surface area (Å²) in [6, 6.07) is 6.03. The fraction of sp³-hybridized carbons (Fsp3) is 0.545. The molecule has 0 heterocycles. The first-order valence-electron chi connectivity index (χ1n) is 10.5. The molecule has 0 unspecified atom stereocenters. The summed E-state index contributed by atoms with van der Waals surface area (Å²) >= 11 is 0. The van der Waals surface area contributed by atoms with Crippen LogP contribution in [0.15, 0.2) is 24.3 Å². The van der Waals surface area contributed by atoms with Gasteiger partial charge >= 0.3 is 11.9 Å². The predicted molar refractivity (Wildman–Crippen MR) is 108 cm³/mol. The van der Waals surface area contributed by atoms with E-state index in [0.29, 0.717) is 0 Å². The van der Waals surface area contributed by atoms with E-state index in [1.54, 1.807) is 0 Å². The molecule has 0 bridgehead atoms. The van der Waals surface area contributed by atoms with Gasteiger partial charge in [0.2, 0.25) is 0 Å². The predicted octanol–water partition coefficient (Wildman–Crippen LogP) is 2.12. The summed E-state index contributed by atoms with van der Waals surface area (Å²) in [7, 11) is 0. The van der Waals surface area contributed by atoms with Crippen molar-refractivity contribution in [2.75, 3.05) is 13.2 Å². The second-order valence-corrected chi connectivity index (χ2v) is 7.83. The smallest absolute Gasteiger partial charge is 0.338 e. The number of amides is 2. The summed E-state index contributed by atoms with van der Waals surface area (Å²) in [6.45, 7) is -0.676. The third-order valence-corrected chi connectivity index (χ3v) is 5.47. The highest BCUT2D eigenvalue weighted by molar-refractivity contribution is 5.95. The van der Waals surface area contributed by atoms with Crippen LogP contribution in [0.2, 0.25) is 0 Å². The number of esters is 2. The normalized spacial score (nSPS) is 16.8. The van der Waals surface area contributed by atoms with Crippen LogP contribution >= 0.6 is 0 Å². The molecule has 30 heavy (non-hydrogen) atoms. The van der Waals surface area contributed by atoms with Gasteiger partial charge in [0.25, 0.3) is 11.8 Å². The molecule has 8 heteroatoms. The van der Waals surface area contributed by atoms with E-state index in [2.05, 4.69) is 10.6 Å². The second kappa shape index (κ2) is 10.8. The number of carbonyl (C=O) groups is 4. The molecule has 2 N–H and O–H groups in total. The number of hydrogen-bond donors (Lipinski definition) is 2. The first-order chi connectivity index (χ1) is 14.5. The number of benzene rings is 1. The zero-order chi connectivity index (χ0) is 21.3. The third kappa shape index (κ3) is 6.57. The summed E-state index contributed by atoms with van der Waals surface area (Å²) in [5.41, 5.74) is 0.443. The van der Waals surface area contributed by atoms with E-state index < -0.39 is 11.9 Å². The van der Waals surface area contributed by atoms with Gasteiger partial charge < -0.3 is 20.1 Å². The minimum atomic E-state index is -0.646. The van der Waals surface area contributed by atoms with E-state index >= 15 is 0 Å². The molecule has 3 rings (SSSR count). The Hall–Kier alpha value is -2.90. The summed E-state index contributed by atoms with van der Waals surface area (Å²) in [4.78, 5) is 47.8. The quantitative estimate of drug-likeness (QED) is 0.628. The lowest BCUT2D eigenvalue weighted by molar-refractivity contribution is -0.125. The molecule has 1 aromatic carbocycles. The van der Waals surface area contributed by atoms with E-state index in [4.69, 9.17) is 9.47 Å². The molecule has 2 aliphatic rings. The van der Waals surface area contributed by atoms with Crippen molar-refractivity contribution in [1.29, 1.82) is 0 Å². The summed E-state index contributed by atoms with van der Waals surface area (Å²) in [6.07, 6.45) is 8.24. The minimum absolute atomic E-state index is 0.168. The molecule has 2 aliphatic carbocycles. The van der Waals surface area contributed by atoms with Crippen molar-refractivity contribution in [1.82, 2.24) is 10.6 Å². The van der Waals surface area contributed by atoms with Gasteiger partial charge in [0.15, 0.2) is 13.2 Å². The second-order valence-electron chi connectivity index (χ2n) is 7.83. The lowest BCUT2D eigenvalue weighted by Crippen LogP contribution is -2.36. The maximum Gasteiger partial charge on any atom is 0.338 e. The van der Waals surface area contributed by atoms with E-state index in [-0.39, 0.29) is 48.2 Å². The van der Waals surface area contributed by atoms with E-state index in [1.165, 1.54) is 24.3 Å². The molecule has 0 aromatic heterocycles. The Morgan fingerprint density at radius 2 is 1.00 bits per heavy atom. The molecule has 0 saturated heterocycles. The number of carbonyl (C=O) groups excluding carboxylic acids is 4. The van der Waals surface area contributed by atoms with Crippen LogP contribution in [0.25, 0.3) is 0 Å². The summed E-state index contributed by atoms with van der Waals surface area (Å²) in [5, 5.41) is 5.69. The highest BCUT2D eigenvalue weighted by Crippen LogP contribution is 2.18. The maximum atomic E-state index is 12.1. The van der Waals surface area contributed by atoms with Crippen molar-refractivity contribution in [3.8, 4) is 0 Å². The number of rotatable bonds is 8. The molecule has 2 amide bonds. The van der Waals surface area contributed by atoms with Crippen molar-refractivity contribution in [3.05, 3.63) is 35.4 Å². The highest BCUT2D eigenvalue weighted by atomic mass is 16.5. The van der Waals surface area contributed by atoms with Gasteiger partial charge in [-0.25, -0.2) is 9.59 Å². The Bertz CT molecular complexity index is 699. The Labute approximate surface area is 175 Å². The molecule has 1 aromatic rings. The topological polar surface area (TPSA) is 111 Å². The average molecular weight is 416 g/mol. The Morgan fingerprint density at radius 3 is 1.33 bits per heavy atom. The van der Waals surface area contributed by atoms with Gasteiger partial charge in [-0.3, -0.25) is 9.59 Å². The van der Waals surface area contributed by atoms with Gasteiger partial charge in [-0.2, -0.15) is 0 Å². The maximum absolute atomic E-state index is 12.1. The third-order valence-electron chi connectivity index (χ3n) is 5.47. The molecule has 162 valence electrons. The average Bonchev–Trinajstić information content (AvgIpc) is 3.44. The van der Waals surface area contributed by atoms with Crippen molar-refractivity contribution < 1.29 is 28.7 Å². The molecule has 0 atom stereocenters. The lowest BCUT2D eigenvalue weighted by atomic mass is 10.1. The molecule has 0 aliphatic heterocycles. The Kier molecular flexibility index (Phi) is 7.82. The summed E-state index contributed by atoms with van der Waals surface area (Å²) in [5.74, 6) is -1.92. The fourth-order valence-electron chi connectivity index (χ4n) is 3.85. The SMILES string of the molecule is O=C(COC(=O)c1ccc(C(=O)OCC(=O)NC2CCCC2)cc1)NC1CCCC1. The number of nitrogens with one attached hydrogen (secondary N) is 2. The minimum Gasteiger partial charge on any atom is -0.452 e. The van der Waals surface area contributed by atoms with Crippen molar-refractivity contribution >= 4 is 23.8 Å². The van der Waals surface area contributed by atoms with E-state index in [9.17, 15) is 19.2 Å². The van der Waals surface area contributed by atoms with E-state index in [1.807, 2.05) is 0 Å². The van der Waals surface area contributed by atoms with Gasteiger partial charge in [0, 0.05) is 12.1 Å². The van der Waals surface area contributed by atoms with Crippen molar-refractivity contribution in [2.45, 2.75) is 63.5 Å². The van der Waals surface area contributed by atoms with Crippen LogP contribution < -0.4 is 10.6 Å². The highest BCUT2D eigenvalue weighted by Gasteiger charge is 2.20. The van der Waals surface area contributed by atoms with Crippen molar-refractivity contribution in [3.63, 3.8) is 0 Å². The molecule has 0 radical (unpaired) electrons. The first kappa shape index (κ1) is 21.8. The van der Waals surface area contributed by atoms with E-state index in [0.717, 1.165) is 51.4 Å². The van der Waals surface area contributed by atoms with Crippen LogP contribution in [0.3, 0.4) is 0 Å². The number of ether oxygens (including phenoxy) is 2. The monoisotopic (exact) mass is 416 g/mol. The fourth-order valence-corrected chi connectivity index (χ4v) is 3.85. The van der Waals surface area contributed by atoms with Crippen LogP contribution in [0.5, 0.6) is 0 Å². The molecular formula is C22H28N2O6. The Balaban J connectivity index is 1.39. The molecule has 2 fully saturated rings. The van der Waals surface area contributed by atoms with Crippen LogP contribution in [0.4, 0.5) is 0 Å². The van der Waals surface area contributed by atoms with Crippen molar-refractivity contribution in [2.24, 2.45) is 0 Å². The van der Waals surface area contributed by atoms with Gasteiger partial charge in [0.05, 0.1) is 11.1 Å². The molecule has 8 nitrogen and oxygen atoms in total. The first-order valence-corrected chi connectivity index (χ1v) is 10.5. The zero-order valence-corrected chi connectivity index (χ0v) is 17.0. The largest absolute Gasteiger partial charge is 0.452 e. The molecule has 2 saturated carbocycles.